The summed E-state index contributed by atoms with van der Waals surface area (Å²) in [6.07, 6.45) is -8.90. The van der Waals surface area contributed by atoms with E-state index in [1.807, 2.05) is 0 Å². The summed E-state index contributed by atoms with van der Waals surface area (Å²) in [5.41, 5.74) is 0. The van der Waals surface area contributed by atoms with Crippen LogP contribution in [0.15, 0.2) is 0 Å². The maximum atomic E-state index is 13.8. The van der Waals surface area contributed by atoms with Gasteiger partial charge in [-0.05, 0) is 25.2 Å². The smallest absolute Gasteiger partial charge is 0.199 e. The molecule has 0 aromatic rings. The molecule has 1 rings (SSSR count). The molecule has 2 unspecified atom stereocenters. The van der Waals surface area contributed by atoms with E-state index in [0.717, 1.165) is 0 Å². The van der Waals surface area contributed by atoms with Gasteiger partial charge in [-0.1, -0.05) is 13.3 Å². The summed E-state index contributed by atoms with van der Waals surface area (Å²) in [6.45, 7) is 1.45. The molecule has 0 spiro atoms. The quantitative estimate of drug-likeness (QED) is 0.431. The SMILES string of the molecule is CCC1CCC(C(F)(F)C(F)(F)C(F)(F)C(F)(F)C(F)(F)C(F)(F)F)C1. The van der Waals surface area contributed by atoms with Gasteiger partial charge in [0.25, 0.3) is 0 Å². The standard InChI is InChI=1S/C13H13F13/c1-2-6-3-4-7(5-6)8(14,15)9(16,17)10(18,19)11(20,21)12(22,23)13(24,25)26/h6-7H,2-5H2,1H3. The van der Waals surface area contributed by atoms with E-state index in [2.05, 4.69) is 0 Å². The maximum Gasteiger partial charge on any atom is 0.460 e. The molecule has 0 aromatic carbocycles. The minimum atomic E-state index is -7.81. The minimum Gasteiger partial charge on any atom is -0.199 e. The largest absolute Gasteiger partial charge is 0.460 e. The van der Waals surface area contributed by atoms with Crippen molar-refractivity contribution < 1.29 is 57.1 Å². The molecule has 0 N–H and O–H groups in total. The van der Waals surface area contributed by atoms with Crippen molar-refractivity contribution in [1.29, 1.82) is 0 Å². The van der Waals surface area contributed by atoms with Crippen molar-refractivity contribution in [3.63, 3.8) is 0 Å². The van der Waals surface area contributed by atoms with E-state index >= 15 is 0 Å². The summed E-state index contributed by atoms with van der Waals surface area (Å²) in [5, 5.41) is 0. The molecule has 0 aliphatic heterocycles. The molecule has 2 atom stereocenters. The Morgan fingerprint density at radius 3 is 1.38 bits per heavy atom. The molecule has 0 radical (unpaired) electrons. The van der Waals surface area contributed by atoms with E-state index in [-0.39, 0.29) is 12.8 Å². The van der Waals surface area contributed by atoms with Crippen LogP contribution in [-0.2, 0) is 0 Å². The van der Waals surface area contributed by atoms with Gasteiger partial charge >= 0.3 is 35.8 Å². The summed E-state index contributed by atoms with van der Waals surface area (Å²) < 4.78 is 169. The first-order chi connectivity index (χ1) is 11.3. The normalized spacial score (nSPS) is 24.2. The molecule has 0 nitrogen and oxygen atoms in total. The van der Waals surface area contributed by atoms with Gasteiger partial charge in [0.2, 0.25) is 0 Å². The molecule has 0 amide bonds. The van der Waals surface area contributed by atoms with Crippen LogP contribution in [0, 0.1) is 11.8 Å². The van der Waals surface area contributed by atoms with Crippen LogP contribution in [0.2, 0.25) is 0 Å². The van der Waals surface area contributed by atoms with Gasteiger partial charge in [-0.3, -0.25) is 0 Å². The zero-order chi connectivity index (χ0) is 21.0. The van der Waals surface area contributed by atoms with Crippen molar-refractivity contribution in [2.24, 2.45) is 11.8 Å². The Kier molecular flexibility index (Phi) is 5.62. The highest BCUT2D eigenvalue weighted by Crippen LogP contribution is 2.62. The summed E-state index contributed by atoms with van der Waals surface area (Å²) in [5.74, 6) is -39.4. The Balaban J connectivity index is 3.35. The van der Waals surface area contributed by atoms with E-state index in [1.165, 1.54) is 6.92 Å². The summed E-state index contributed by atoms with van der Waals surface area (Å²) in [7, 11) is 0. The highest BCUT2D eigenvalue weighted by molar-refractivity contribution is 5.11. The van der Waals surface area contributed by atoms with Crippen LogP contribution in [0.4, 0.5) is 57.1 Å². The van der Waals surface area contributed by atoms with Crippen LogP contribution >= 0.6 is 0 Å². The van der Waals surface area contributed by atoms with Crippen LogP contribution in [-0.4, -0.2) is 35.8 Å². The molecule has 0 saturated heterocycles. The van der Waals surface area contributed by atoms with Gasteiger partial charge in [-0.15, -0.1) is 0 Å². The topological polar surface area (TPSA) is 0 Å². The molecule has 1 aliphatic carbocycles. The second-order valence-corrected chi connectivity index (χ2v) is 6.20. The van der Waals surface area contributed by atoms with Gasteiger partial charge in [-0.25, -0.2) is 0 Å². The minimum absolute atomic E-state index is 0.131. The molecule has 0 heterocycles. The van der Waals surface area contributed by atoms with Crippen LogP contribution in [0.3, 0.4) is 0 Å². The Morgan fingerprint density at radius 2 is 1.04 bits per heavy atom. The first-order valence-electron chi connectivity index (χ1n) is 7.24. The van der Waals surface area contributed by atoms with Gasteiger partial charge < -0.3 is 0 Å². The zero-order valence-electron chi connectivity index (χ0n) is 12.9. The third kappa shape index (κ3) is 3.02. The van der Waals surface area contributed by atoms with Gasteiger partial charge in [0.15, 0.2) is 0 Å². The van der Waals surface area contributed by atoms with Crippen molar-refractivity contribution in [2.45, 2.75) is 68.4 Å². The van der Waals surface area contributed by atoms with Gasteiger partial charge in [0.05, 0.1) is 0 Å². The Morgan fingerprint density at radius 1 is 0.615 bits per heavy atom. The number of hydrogen-bond acceptors (Lipinski definition) is 0. The Bertz CT molecular complexity index is 505. The fourth-order valence-corrected chi connectivity index (χ4v) is 2.81. The summed E-state index contributed by atoms with van der Waals surface area (Å²) >= 11 is 0. The lowest BCUT2D eigenvalue weighted by Crippen LogP contribution is -2.70. The summed E-state index contributed by atoms with van der Waals surface area (Å²) in [6, 6.07) is 0. The van der Waals surface area contributed by atoms with Crippen molar-refractivity contribution in [2.75, 3.05) is 0 Å². The average Bonchev–Trinajstić information content (AvgIpc) is 2.94. The molecule has 1 fully saturated rings. The van der Waals surface area contributed by atoms with Gasteiger partial charge in [0.1, 0.15) is 0 Å². The van der Waals surface area contributed by atoms with Crippen molar-refractivity contribution in [3.05, 3.63) is 0 Å². The molecular weight excluding hydrogens is 403 g/mol. The summed E-state index contributed by atoms with van der Waals surface area (Å²) in [4.78, 5) is 0. The first-order valence-corrected chi connectivity index (χ1v) is 7.24. The second-order valence-electron chi connectivity index (χ2n) is 6.20. The van der Waals surface area contributed by atoms with Crippen LogP contribution in [0.5, 0.6) is 0 Å². The lowest BCUT2D eigenvalue weighted by molar-refractivity contribution is -0.443. The van der Waals surface area contributed by atoms with E-state index in [1.54, 1.807) is 0 Å². The van der Waals surface area contributed by atoms with Crippen molar-refractivity contribution in [3.8, 4) is 0 Å². The third-order valence-electron chi connectivity index (χ3n) is 4.59. The van der Waals surface area contributed by atoms with Crippen molar-refractivity contribution >= 4 is 0 Å². The molecule has 26 heavy (non-hydrogen) atoms. The zero-order valence-corrected chi connectivity index (χ0v) is 12.9. The molecule has 156 valence electrons. The fraction of sp³-hybridized carbons (Fsp3) is 1.00. The fourth-order valence-electron chi connectivity index (χ4n) is 2.81. The molecule has 1 aliphatic rings. The predicted octanol–water partition coefficient (Wildman–Crippen LogP) is 6.55. The monoisotopic (exact) mass is 416 g/mol. The van der Waals surface area contributed by atoms with E-state index in [0.29, 0.717) is 0 Å². The second kappa shape index (κ2) is 6.32. The Hall–Kier alpha value is -0.910. The lowest BCUT2D eigenvalue weighted by Gasteiger charge is -2.41. The van der Waals surface area contributed by atoms with Crippen LogP contribution < -0.4 is 0 Å². The molecule has 0 bridgehead atoms. The van der Waals surface area contributed by atoms with Crippen LogP contribution in [0.1, 0.15) is 32.6 Å². The van der Waals surface area contributed by atoms with Crippen LogP contribution in [0.25, 0.3) is 0 Å². The number of alkyl halides is 13. The average molecular weight is 416 g/mol. The first kappa shape index (κ1) is 23.1. The van der Waals surface area contributed by atoms with Crippen molar-refractivity contribution in [1.82, 2.24) is 0 Å². The maximum absolute atomic E-state index is 13.8. The highest BCUT2D eigenvalue weighted by atomic mass is 19.4. The number of halogens is 13. The predicted molar refractivity (Wildman–Crippen MR) is 61.9 cm³/mol. The molecule has 13 heteroatoms. The molecular formula is C13H13F13. The lowest BCUT2D eigenvalue weighted by atomic mass is 9.86. The third-order valence-corrected chi connectivity index (χ3v) is 4.59. The molecule has 0 aromatic heterocycles. The van der Waals surface area contributed by atoms with Gasteiger partial charge in [-0.2, -0.15) is 57.1 Å². The van der Waals surface area contributed by atoms with Gasteiger partial charge in [0, 0.05) is 5.92 Å². The number of rotatable bonds is 6. The molecule has 1 saturated carbocycles. The van der Waals surface area contributed by atoms with E-state index < -0.39 is 60.5 Å². The Labute approximate surface area is 138 Å². The van der Waals surface area contributed by atoms with E-state index in [4.69, 9.17) is 0 Å². The number of hydrogen-bond donors (Lipinski definition) is 0. The highest BCUT2D eigenvalue weighted by Gasteiger charge is 2.91. The van der Waals surface area contributed by atoms with E-state index in [9.17, 15) is 57.1 Å².